The monoisotopic (exact) mass is 208 g/mol. The Labute approximate surface area is 69.0 Å². The van der Waals surface area contributed by atoms with Crippen LogP contribution in [0.4, 0.5) is 22.4 Å². The molecule has 0 N–H and O–H groups in total. The molecule has 5 nitrogen and oxygen atoms in total. The van der Waals surface area contributed by atoms with Gasteiger partial charge in [0.2, 0.25) is 6.86 Å². The van der Waals surface area contributed by atoms with Gasteiger partial charge in [0.05, 0.1) is 0 Å². The molecule has 0 saturated carbocycles. The lowest BCUT2D eigenvalue weighted by Gasteiger charge is -2.04. The van der Waals surface area contributed by atoms with E-state index >= 15 is 0 Å². The van der Waals surface area contributed by atoms with E-state index in [9.17, 15) is 22.4 Å². The van der Waals surface area contributed by atoms with Crippen LogP contribution in [0.1, 0.15) is 0 Å². The van der Waals surface area contributed by atoms with Gasteiger partial charge >= 0.3 is 12.3 Å². The van der Waals surface area contributed by atoms with Gasteiger partial charge in [-0.15, -0.1) is 4.89 Å². The molecule has 13 heavy (non-hydrogen) atoms. The molecule has 0 aliphatic heterocycles. The van der Waals surface area contributed by atoms with Crippen LogP contribution in [0.5, 0.6) is 0 Å². The van der Waals surface area contributed by atoms with E-state index in [2.05, 4.69) is 19.6 Å². The van der Waals surface area contributed by atoms with E-state index in [1.54, 1.807) is 0 Å². The summed E-state index contributed by atoms with van der Waals surface area (Å²) in [6.07, 6.45) is -6.37. The molecule has 0 aromatic rings. The van der Waals surface area contributed by atoms with Crippen molar-refractivity contribution in [3.05, 3.63) is 0 Å². The first-order valence-electron chi connectivity index (χ1n) is 2.71. The number of carbonyl (C=O) groups excluding carboxylic acids is 1. The topological polar surface area (TPSA) is 54.0 Å². The average molecular weight is 208 g/mol. The summed E-state index contributed by atoms with van der Waals surface area (Å²) in [6, 6.07) is 0. The zero-order valence-corrected chi connectivity index (χ0v) is 5.97. The summed E-state index contributed by atoms with van der Waals surface area (Å²) >= 11 is 0. The average Bonchev–Trinajstić information content (AvgIpc) is 1.98. The minimum Gasteiger partial charge on any atom is -0.257 e. The van der Waals surface area contributed by atoms with E-state index in [1.807, 2.05) is 0 Å². The molecule has 0 aliphatic carbocycles. The van der Waals surface area contributed by atoms with Crippen molar-refractivity contribution in [3.63, 3.8) is 0 Å². The molecule has 0 atom stereocenters. The van der Waals surface area contributed by atoms with Gasteiger partial charge in [0, 0.05) is 0 Å². The molecule has 0 heterocycles. The predicted molar refractivity (Wildman–Crippen MR) is 26.6 cm³/mol. The highest BCUT2D eigenvalue weighted by Gasteiger charge is 2.29. The number of hydrogen-bond donors (Lipinski definition) is 0. The second-order valence-electron chi connectivity index (χ2n) is 1.52. The second kappa shape index (κ2) is 5.54. The van der Waals surface area contributed by atoms with Crippen molar-refractivity contribution in [3.8, 4) is 0 Å². The molecule has 0 bridgehead atoms. The predicted octanol–water partition coefficient (Wildman–Crippen LogP) is 1.49. The number of halogens is 4. The van der Waals surface area contributed by atoms with Gasteiger partial charge in [0.25, 0.3) is 0 Å². The number of rotatable bonds is 4. The molecule has 78 valence electrons. The van der Waals surface area contributed by atoms with E-state index in [1.165, 1.54) is 0 Å². The van der Waals surface area contributed by atoms with Crippen molar-refractivity contribution in [2.45, 2.75) is 6.18 Å². The highest BCUT2D eigenvalue weighted by Crippen LogP contribution is 2.14. The fourth-order valence-corrected chi connectivity index (χ4v) is 0.229. The summed E-state index contributed by atoms with van der Waals surface area (Å²) in [7, 11) is 0. The number of carbonyl (C=O) groups is 1. The van der Waals surface area contributed by atoms with Gasteiger partial charge in [0.1, 0.15) is 0 Å². The number of hydrogen-bond acceptors (Lipinski definition) is 5. The minimum atomic E-state index is -4.64. The third-order valence-electron chi connectivity index (χ3n) is 0.521. The van der Waals surface area contributed by atoms with Crippen LogP contribution >= 0.6 is 0 Å². The Hall–Kier alpha value is -1.09. The lowest BCUT2D eigenvalue weighted by molar-refractivity contribution is -0.350. The summed E-state index contributed by atoms with van der Waals surface area (Å²) in [6.45, 7) is -3.24. The Kier molecular flexibility index (Phi) is 5.07. The summed E-state index contributed by atoms with van der Waals surface area (Å²) in [5, 5.41) is 0. The van der Waals surface area contributed by atoms with E-state index < -0.39 is 25.8 Å². The van der Waals surface area contributed by atoms with Gasteiger partial charge in [-0.25, -0.2) is 4.39 Å². The quantitative estimate of drug-likeness (QED) is 0.398. The molecule has 0 aromatic heterocycles. The van der Waals surface area contributed by atoms with E-state index in [4.69, 9.17) is 0 Å². The summed E-state index contributed by atoms with van der Waals surface area (Å²) < 4.78 is 45.0. The van der Waals surface area contributed by atoms with Crippen LogP contribution in [-0.4, -0.2) is 25.8 Å². The molecule has 0 aromatic carbocycles. The van der Waals surface area contributed by atoms with Crippen LogP contribution in [0.15, 0.2) is 0 Å². The Morgan fingerprint density at radius 3 is 2.15 bits per heavy atom. The maximum atomic E-state index is 11.3. The van der Waals surface area contributed by atoms with Crippen LogP contribution < -0.4 is 0 Å². The third kappa shape index (κ3) is 8.82. The Bertz CT molecular complexity index is 157. The van der Waals surface area contributed by atoms with Crippen molar-refractivity contribution in [2.75, 3.05) is 13.5 Å². The molecule has 0 amide bonds. The molecule has 9 heteroatoms. The first-order chi connectivity index (χ1) is 5.95. The molecule has 0 radical (unpaired) electrons. The standard InChI is InChI=1S/C4H4F4O5/c5-2-11-13-3(9)12-10-1-4(6,7)8/h1-2H2. The molecule has 0 aliphatic rings. The Morgan fingerprint density at radius 1 is 1.15 bits per heavy atom. The van der Waals surface area contributed by atoms with Gasteiger partial charge in [-0.3, -0.25) is 9.78 Å². The van der Waals surface area contributed by atoms with Crippen LogP contribution in [0.25, 0.3) is 0 Å². The Balaban J connectivity index is 3.37. The molecular weight excluding hydrogens is 204 g/mol. The molecular formula is C4H4F4O5. The van der Waals surface area contributed by atoms with E-state index in [-0.39, 0.29) is 0 Å². The van der Waals surface area contributed by atoms with Crippen LogP contribution in [-0.2, 0) is 19.6 Å². The summed E-state index contributed by atoms with van der Waals surface area (Å²) in [5.41, 5.74) is 0. The zero-order valence-electron chi connectivity index (χ0n) is 5.97. The van der Waals surface area contributed by atoms with Gasteiger partial charge in [-0.05, 0) is 0 Å². The lowest BCUT2D eigenvalue weighted by Crippen LogP contribution is -2.19. The summed E-state index contributed by atoms with van der Waals surface area (Å²) in [5.74, 6) is 0. The first kappa shape index (κ1) is 11.9. The highest BCUT2D eigenvalue weighted by molar-refractivity contribution is 5.58. The van der Waals surface area contributed by atoms with Gasteiger partial charge in [-0.1, -0.05) is 0 Å². The van der Waals surface area contributed by atoms with Crippen molar-refractivity contribution >= 4 is 6.16 Å². The fraction of sp³-hybridized carbons (Fsp3) is 0.750. The maximum Gasteiger partial charge on any atom is 0.573 e. The van der Waals surface area contributed by atoms with Crippen molar-refractivity contribution in [1.82, 2.24) is 0 Å². The smallest absolute Gasteiger partial charge is 0.257 e. The third-order valence-corrected chi connectivity index (χ3v) is 0.521. The van der Waals surface area contributed by atoms with Crippen LogP contribution in [0.3, 0.4) is 0 Å². The lowest BCUT2D eigenvalue weighted by atomic mass is 10.7. The van der Waals surface area contributed by atoms with Crippen molar-refractivity contribution in [2.24, 2.45) is 0 Å². The van der Waals surface area contributed by atoms with Gasteiger partial charge in [0.15, 0.2) is 6.61 Å². The molecule has 0 fully saturated rings. The zero-order chi connectivity index (χ0) is 10.3. The Morgan fingerprint density at radius 2 is 1.69 bits per heavy atom. The van der Waals surface area contributed by atoms with Gasteiger partial charge < -0.3 is 0 Å². The SMILES string of the molecule is O=C(OOCF)OOCC(F)(F)F. The van der Waals surface area contributed by atoms with Gasteiger partial charge in [-0.2, -0.15) is 22.9 Å². The van der Waals surface area contributed by atoms with E-state index in [0.717, 1.165) is 0 Å². The van der Waals surface area contributed by atoms with E-state index in [0.29, 0.717) is 0 Å². The van der Waals surface area contributed by atoms with Crippen LogP contribution in [0.2, 0.25) is 0 Å². The summed E-state index contributed by atoms with van der Waals surface area (Å²) in [4.78, 5) is 23.5. The van der Waals surface area contributed by atoms with Crippen molar-refractivity contribution < 1.29 is 41.9 Å². The molecule has 0 spiro atoms. The second-order valence-corrected chi connectivity index (χ2v) is 1.52. The molecule has 0 rings (SSSR count). The highest BCUT2D eigenvalue weighted by atomic mass is 19.4. The molecule has 0 saturated heterocycles. The minimum absolute atomic E-state index is 1.45. The maximum absolute atomic E-state index is 11.3. The fourth-order valence-electron chi connectivity index (χ4n) is 0.229. The molecule has 0 unspecified atom stereocenters. The van der Waals surface area contributed by atoms with Crippen molar-refractivity contribution in [1.29, 1.82) is 0 Å². The van der Waals surface area contributed by atoms with Crippen LogP contribution in [0, 0.1) is 0 Å². The first-order valence-corrected chi connectivity index (χ1v) is 2.71. The number of alkyl halides is 4. The normalized spacial score (nSPS) is 11.1. The largest absolute Gasteiger partial charge is 0.573 e.